The van der Waals surface area contributed by atoms with E-state index < -0.39 is 0 Å². The van der Waals surface area contributed by atoms with E-state index in [1.807, 2.05) is 0 Å². The average Bonchev–Trinajstić information content (AvgIpc) is 2.88. The summed E-state index contributed by atoms with van der Waals surface area (Å²) in [6, 6.07) is 0.556. The number of hydrogen-bond acceptors (Lipinski definition) is 3. The average molecular weight is 195 g/mol. The number of hydrogen-bond donors (Lipinski definition) is 1. The Bertz CT molecular complexity index is 315. The highest BCUT2D eigenvalue weighted by Gasteiger charge is 2.29. The van der Waals surface area contributed by atoms with Crippen molar-refractivity contribution in [2.45, 2.75) is 45.8 Å². The zero-order valence-electron chi connectivity index (χ0n) is 8.77. The van der Waals surface area contributed by atoms with Crippen molar-refractivity contribution in [3.05, 3.63) is 11.6 Å². The first kappa shape index (κ1) is 9.65. The normalized spacial score (nSPS) is 16.6. The Kier molecular flexibility index (Phi) is 2.54. The zero-order valence-corrected chi connectivity index (χ0v) is 8.77. The minimum atomic E-state index is 0.00158. The SMILES string of the molecule is CC(C)Cc1nnc(CO)n1C1CC1. The van der Waals surface area contributed by atoms with Crippen molar-refractivity contribution in [3.63, 3.8) is 0 Å². The lowest BCUT2D eigenvalue weighted by Gasteiger charge is -2.08. The third kappa shape index (κ3) is 1.80. The second kappa shape index (κ2) is 3.69. The van der Waals surface area contributed by atoms with Crippen molar-refractivity contribution in [1.29, 1.82) is 0 Å². The van der Waals surface area contributed by atoms with Gasteiger partial charge in [0.05, 0.1) is 0 Å². The van der Waals surface area contributed by atoms with Gasteiger partial charge in [0.1, 0.15) is 12.4 Å². The minimum Gasteiger partial charge on any atom is -0.388 e. The van der Waals surface area contributed by atoms with Gasteiger partial charge in [-0.25, -0.2) is 0 Å². The molecule has 1 saturated carbocycles. The summed E-state index contributed by atoms with van der Waals surface area (Å²) in [6.45, 7) is 4.34. The number of rotatable bonds is 4. The maximum Gasteiger partial charge on any atom is 0.159 e. The van der Waals surface area contributed by atoms with Crippen LogP contribution < -0.4 is 0 Å². The second-order valence-electron chi connectivity index (χ2n) is 4.39. The van der Waals surface area contributed by atoms with Gasteiger partial charge in [0.2, 0.25) is 0 Å². The minimum absolute atomic E-state index is 0.00158. The smallest absolute Gasteiger partial charge is 0.159 e. The number of nitrogens with zero attached hydrogens (tertiary/aromatic N) is 3. The van der Waals surface area contributed by atoms with E-state index in [4.69, 9.17) is 5.11 Å². The molecular formula is C10H17N3O. The Morgan fingerprint density at radius 3 is 2.50 bits per heavy atom. The van der Waals surface area contributed by atoms with Gasteiger partial charge >= 0.3 is 0 Å². The van der Waals surface area contributed by atoms with E-state index in [9.17, 15) is 0 Å². The van der Waals surface area contributed by atoms with E-state index in [1.54, 1.807) is 0 Å². The lowest BCUT2D eigenvalue weighted by atomic mass is 10.1. The first-order valence-electron chi connectivity index (χ1n) is 5.26. The van der Waals surface area contributed by atoms with Gasteiger partial charge in [0.25, 0.3) is 0 Å². The standard InChI is InChI=1S/C10H17N3O/c1-7(2)5-9-11-12-10(6-14)13(9)8-3-4-8/h7-8,14H,3-6H2,1-2H3. The molecule has 0 aliphatic heterocycles. The molecule has 0 aromatic carbocycles. The summed E-state index contributed by atoms with van der Waals surface area (Å²) in [4.78, 5) is 0. The molecule has 0 amide bonds. The van der Waals surface area contributed by atoms with Gasteiger partial charge < -0.3 is 9.67 Å². The van der Waals surface area contributed by atoms with Crippen LogP contribution in [0.1, 0.15) is 44.4 Å². The highest BCUT2D eigenvalue weighted by molar-refractivity contribution is 5.02. The highest BCUT2D eigenvalue weighted by atomic mass is 16.3. The summed E-state index contributed by atoms with van der Waals surface area (Å²) in [5, 5.41) is 17.3. The zero-order chi connectivity index (χ0) is 10.1. The largest absolute Gasteiger partial charge is 0.388 e. The molecule has 1 N–H and O–H groups in total. The van der Waals surface area contributed by atoms with Crippen LogP contribution in [0, 0.1) is 5.92 Å². The summed E-state index contributed by atoms with van der Waals surface area (Å²) in [6.07, 6.45) is 3.36. The topological polar surface area (TPSA) is 50.9 Å². The van der Waals surface area contributed by atoms with Gasteiger partial charge in [-0.3, -0.25) is 0 Å². The van der Waals surface area contributed by atoms with E-state index in [0.717, 1.165) is 18.1 Å². The highest BCUT2D eigenvalue weighted by Crippen LogP contribution is 2.36. The molecule has 0 bridgehead atoms. The lowest BCUT2D eigenvalue weighted by molar-refractivity contribution is 0.264. The van der Waals surface area contributed by atoms with Crippen LogP contribution in [0.5, 0.6) is 0 Å². The Hall–Kier alpha value is -0.900. The molecule has 0 saturated heterocycles. The first-order chi connectivity index (χ1) is 6.72. The van der Waals surface area contributed by atoms with Gasteiger partial charge in [0.15, 0.2) is 5.82 Å². The monoisotopic (exact) mass is 195 g/mol. The van der Waals surface area contributed by atoms with Crippen molar-refractivity contribution >= 4 is 0 Å². The molecule has 1 aromatic heterocycles. The molecule has 0 spiro atoms. The van der Waals surface area contributed by atoms with E-state index in [2.05, 4.69) is 28.6 Å². The predicted molar refractivity (Wildman–Crippen MR) is 52.8 cm³/mol. The van der Waals surface area contributed by atoms with Crippen LogP contribution in [0.25, 0.3) is 0 Å². The molecule has 2 rings (SSSR count). The Balaban J connectivity index is 2.25. The molecule has 1 aromatic rings. The Morgan fingerprint density at radius 2 is 2.00 bits per heavy atom. The Morgan fingerprint density at radius 1 is 1.36 bits per heavy atom. The molecule has 4 heteroatoms. The fourth-order valence-electron chi connectivity index (χ4n) is 1.73. The van der Waals surface area contributed by atoms with Crippen molar-refractivity contribution < 1.29 is 5.11 Å². The maximum absolute atomic E-state index is 9.12. The molecule has 14 heavy (non-hydrogen) atoms. The molecule has 1 heterocycles. The van der Waals surface area contributed by atoms with Gasteiger partial charge in [-0.1, -0.05) is 13.8 Å². The van der Waals surface area contributed by atoms with E-state index in [1.165, 1.54) is 12.8 Å². The van der Waals surface area contributed by atoms with Crippen LogP contribution in [0.4, 0.5) is 0 Å². The molecule has 4 nitrogen and oxygen atoms in total. The molecule has 1 aliphatic rings. The molecule has 1 aliphatic carbocycles. The van der Waals surface area contributed by atoms with Crippen LogP contribution in [-0.2, 0) is 13.0 Å². The molecule has 78 valence electrons. The molecule has 0 radical (unpaired) electrons. The summed E-state index contributed by atoms with van der Waals surface area (Å²) in [5.41, 5.74) is 0. The summed E-state index contributed by atoms with van der Waals surface area (Å²) in [5.74, 6) is 2.35. The fourth-order valence-corrected chi connectivity index (χ4v) is 1.73. The van der Waals surface area contributed by atoms with E-state index >= 15 is 0 Å². The quantitative estimate of drug-likeness (QED) is 0.788. The maximum atomic E-state index is 9.12. The fraction of sp³-hybridized carbons (Fsp3) is 0.800. The number of aromatic nitrogens is 3. The van der Waals surface area contributed by atoms with Crippen LogP contribution in [0.15, 0.2) is 0 Å². The molecule has 0 atom stereocenters. The number of aliphatic hydroxyl groups is 1. The molecule has 1 fully saturated rings. The van der Waals surface area contributed by atoms with Crippen LogP contribution >= 0.6 is 0 Å². The van der Waals surface area contributed by atoms with E-state index in [-0.39, 0.29) is 6.61 Å². The lowest BCUT2D eigenvalue weighted by Crippen LogP contribution is -2.08. The summed E-state index contributed by atoms with van der Waals surface area (Å²) in [7, 11) is 0. The summed E-state index contributed by atoms with van der Waals surface area (Å²) >= 11 is 0. The predicted octanol–water partition coefficient (Wildman–Crippen LogP) is 1.30. The summed E-state index contributed by atoms with van der Waals surface area (Å²) < 4.78 is 2.12. The van der Waals surface area contributed by atoms with Crippen LogP contribution in [0.2, 0.25) is 0 Å². The van der Waals surface area contributed by atoms with Crippen LogP contribution in [0.3, 0.4) is 0 Å². The third-order valence-corrected chi connectivity index (χ3v) is 2.48. The van der Waals surface area contributed by atoms with Crippen molar-refractivity contribution in [2.24, 2.45) is 5.92 Å². The van der Waals surface area contributed by atoms with Crippen molar-refractivity contribution in [2.75, 3.05) is 0 Å². The van der Waals surface area contributed by atoms with E-state index in [0.29, 0.717) is 12.0 Å². The third-order valence-electron chi connectivity index (χ3n) is 2.48. The molecule has 0 unspecified atom stereocenters. The van der Waals surface area contributed by atoms with Crippen molar-refractivity contribution in [1.82, 2.24) is 14.8 Å². The van der Waals surface area contributed by atoms with Gasteiger partial charge in [0, 0.05) is 12.5 Å². The van der Waals surface area contributed by atoms with Gasteiger partial charge in [-0.15, -0.1) is 10.2 Å². The first-order valence-corrected chi connectivity index (χ1v) is 5.26. The second-order valence-corrected chi connectivity index (χ2v) is 4.39. The van der Waals surface area contributed by atoms with Crippen molar-refractivity contribution in [3.8, 4) is 0 Å². The number of aliphatic hydroxyl groups excluding tert-OH is 1. The van der Waals surface area contributed by atoms with Gasteiger partial charge in [-0.2, -0.15) is 0 Å². The Labute approximate surface area is 84.0 Å². The van der Waals surface area contributed by atoms with Crippen LogP contribution in [-0.4, -0.2) is 19.9 Å². The van der Waals surface area contributed by atoms with Gasteiger partial charge in [-0.05, 0) is 18.8 Å². The molecular weight excluding hydrogens is 178 g/mol.